The van der Waals surface area contributed by atoms with Crippen molar-refractivity contribution in [1.29, 1.82) is 0 Å². The van der Waals surface area contributed by atoms with Crippen LogP contribution in [0.3, 0.4) is 0 Å². The summed E-state index contributed by atoms with van der Waals surface area (Å²) >= 11 is 1.47. The topological polar surface area (TPSA) is 36.4 Å². The molecule has 0 fully saturated rings. The molecule has 2 aromatic rings. The van der Waals surface area contributed by atoms with E-state index in [0.717, 1.165) is 10.4 Å². The Morgan fingerprint density at radius 2 is 2.05 bits per heavy atom. The molecule has 1 aliphatic rings. The van der Waals surface area contributed by atoms with Gasteiger partial charge in [0.25, 0.3) is 0 Å². The molecule has 0 saturated heterocycles. The second kappa shape index (κ2) is 5.69. The molecule has 1 atom stereocenters. The summed E-state index contributed by atoms with van der Waals surface area (Å²) in [6, 6.07) is 12.1. The highest BCUT2D eigenvalue weighted by atomic mass is 32.1. The van der Waals surface area contributed by atoms with Crippen LogP contribution in [0.25, 0.3) is 5.57 Å². The zero-order valence-electron chi connectivity index (χ0n) is 12.1. The van der Waals surface area contributed by atoms with Crippen molar-refractivity contribution < 1.29 is 4.79 Å². The number of carbonyl (C=O) groups is 1. The molecule has 1 aromatic carbocycles. The molecular weight excluding hydrogens is 282 g/mol. The Labute approximate surface area is 128 Å². The Bertz CT molecular complexity index is 649. The van der Waals surface area contributed by atoms with Crippen LogP contribution in [0.2, 0.25) is 0 Å². The Kier molecular flexibility index (Phi) is 3.75. The van der Waals surface area contributed by atoms with Gasteiger partial charge in [-0.15, -0.1) is 0 Å². The van der Waals surface area contributed by atoms with E-state index >= 15 is 0 Å². The molecule has 108 valence electrons. The van der Waals surface area contributed by atoms with Crippen LogP contribution in [0.4, 0.5) is 4.79 Å². The van der Waals surface area contributed by atoms with Crippen LogP contribution in [-0.2, 0) is 0 Å². The average Bonchev–Trinajstić information content (AvgIpc) is 3.16. The van der Waals surface area contributed by atoms with E-state index in [1.54, 1.807) is 25.2 Å². The van der Waals surface area contributed by atoms with Crippen molar-refractivity contribution in [2.75, 3.05) is 20.6 Å². The van der Waals surface area contributed by atoms with Gasteiger partial charge in [-0.3, -0.25) is 0 Å². The molecule has 1 aromatic heterocycles. The lowest BCUT2D eigenvalue weighted by Gasteiger charge is -2.28. The summed E-state index contributed by atoms with van der Waals surface area (Å²) in [5.41, 5.74) is 2.30. The Balaban J connectivity index is 1.96. The lowest BCUT2D eigenvalue weighted by molar-refractivity contribution is 0.170. The maximum atomic E-state index is 12.5. The van der Waals surface area contributed by atoms with Gasteiger partial charge in [-0.05, 0) is 28.7 Å². The zero-order chi connectivity index (χ0) is 14.8. The van der Waals surface area contributed by atoms with Crippen LogP contribution in [0.15, 0.2) is 48.7 Å². The van der Waals surface area contributed by atoms with E-state index in [9.17, 15) is 4.79 Å². The Morgan fingerprint density at radius 3 is 2.67 bits per heavy atom. The van der Waals surface area contributed by atoms with Gasteiger partial charge in [0.2, 0.25) is 0 Å². The predicted octanol–water partition coefficient (Wildman–Crippen LogP) is 3.27. The van der Waals surface area contributed by atoms with Crippen LogP contribution in [0, 0.1) is 0 Å². The van der Waals surface area contributed by atoms with E-state index in [1.165, 1.54) is 17.1 Å². The normalized spacial score (nSPS) is 17.7. The Hall–Kier alpha value is -2.14. The highest BCUT2D eigenvalue weighted by Gasteiger charge is 2.31. The van der Waals surface area contributed by atoms with Gasteiger partial charge in [0.05, 0.1) is 10.9 Å². The van der Waals surface area contributed by atoms with Crippen LogP contribution in [0.5, 0.6) is 0 Å². The first kappa shape index (κ1) is 13.8. The lowest BCUT2D eigenvalue weighted by Crippen LogP contribution is -2.39. The molecule has 5 heteroatoms. The van der Waals surface area contributed by atoms with Gasteiger partial charge in [-0.2, -0.15) is 0 Å². The molecule has 0 aliphatic carbocycles. The van der Waals surface area contributed by atoms with E-state index in [-0.39, 0.29) is 12.1 Å². The molecule has 2 amide bonds. The number of nitrogens with zero attached hydrogens (tertiary/aromatic N) is 3. The summed E-state index contributed by atoms with van der Waals surface area (Å²) in [6.07, 6.45) is 3.97. The quantitative estimate of drug-likeness (QED) is 0.853. The number of benzene rings is 1. The molecule has 0 bridgehead atoms. The largest absolute Gasteiger partial charge is 0.331 e. The maximum Gasteiger partial charge on any atom is 0.320 e. The van der Waals surface area contributed by atoms with Crippen LogP contribution in [-0.4, -0.2) is 40.8 Å². The summed E-state index contributed by atoms with van der Waals surface area (Å²) in [5, 5.41) is 0. The predicted molar refractivity (Wildman–Crippen MR) is 85.1 cm³/mol. The van der Waals surface area contributed by atoms with E-state index in [0.29, 0.717) is 6.54 Å². The van der Waals surface area contributed by atoms with Crippen molar-refractivity contribution >= 4 is 23.1 Å². The minimum absolute atomic E-state index is 0.0156. The van der Waals surface area contributed by atoms with Gasteiger partial charge in [-0.25, -0.2) is 9.17 Å². The van der Waals surface area contributed by atoms with Crippen molar-refractivity contribution in [3.05, 3.63) is 59.1 Å². The molecule has 3 rings (SSSR count). The number of rotatable bonds is 2. The summed E-state index contributed by atoms with van der Waals surface area (Å²) < 4.78 is 4.16. The van der Waals surface area contributed by atoms with Crippen molar-refractivity contribution in [3.63, 3.8) is 0 Å². The highest BCUT2D eigenvalue weighted by molar-refractivity contribution is 7.07. The summed E-state index contributed by atoms with van der Waals surface area (Å²) in [5.74, 6) is 0. The number of urea groups is 1. The fraction of sp³-hybridized carbons (Fsp3) is 0.250. The molecule has 21 heavy (non-hydrogen) atoms. The lowest BCUT2D eigenvalue weighted by atomic mass is 10.1. The van der Waals surface area contributed by atoms with E-state index in [1.807, 2.05) is 29.2 Å². The molecule has 1 aliphatic heterocycles. The molecule has 2 heterocycles. The number of carbonyl (C=O) groups excluding carboxylic acids is 1. The minimum Gasteiger partial charge on any atom is -0.331 e. The standard InChI is InChI=1S/C16H17N3OS/c1-18(2)16(20)19-11-13(15-8-9-17-21-15)10-14(19)12-6-4-3-5-7-12/h3-10,14H,11H2,1-2H3. The number of aromatic nitrogens is 1. The monoisotopic (exact) mass is 299 g/mol. The van der Waals surface area contributed by atoms with Gasteiger partial charge in [0.15, 0.2) is 0 Å². The molecule has 0 radical (unpaired) electrons. The summed E-state index contributed by atoms with van der Waals surface area (Å²) in [6.45, 7) is 0.624. The second-order valence-electron chi connectivity index (χ2n) is 5.23. The second-order valence-corrected chi connectivity index (χ2v) is 6.06. The molecular formula is C16H17N3OS. The fourth-order valence-electron chi connectivity index (χ4n) is 2.53. The van der Waals surface area contributed by atoms with Gasteiger partial charge in [0, 0.05) is 26.8 Å². The first-order valence-electron chi connectivity index (χ1n) is 6.81. The van der Waals surface area contributed by atoms with E-state index < -0.39 is 0 Å². The maximum absolute atomic E-state index is 12.5. The number of hydrogen-bond donors (Lipinski definition) is 0. The number of hydrogen-bond acceptors (Lipinski definition) is 3. The SMILES string of the molecule is CN(C)C(=O)N1CC(c2ccns2)=CC1c1ccccc1. The molecule has 1 unspecified atom stereocenters. The van der Waals surface area contributed by atoms with Crippen LogP contribution in [0.1, 0.15) is 16.5 Å². The van der Waals surface area contributed by atoms with Crippen molar-refractivity contribution in [1.82, 2.24) is 14.2 Å². The van der Waals surface area contributed by atoms with Gasteiger partial charge < -0.3 is 9.80 Å². The van der Waals surface area contributed by atoms with Crippen LogP contribution < -0.4 is 0 Å². The van der Waals surface area contributed by atoms with Gasteiger partial charge in [-0.1, -0.05) is 36.4 Å². The zero-order valence-corrected chi connectivity index (χ0v) is 12.9. The van der Waals surface area contributed by atoms with Crippen molar-refractivity contribution in [3.8, 4) is 0 Å². The highest BCUT2D eigenvalue weighted by Crippen LogP contribution is 2.35. The first-order valence-corrected chi connectivity index (χ1v) is 7.59. The van der Waals surface area contributed by atoms with Gasteiger partial charge >= 0.3 is 6.03 Å². The number of amides is 2. The third-order valence-electron chi connectivity index (χ3n) is 3.56. The molecule has 0 saturated carbocycles. The summed E-state index contributed by atoms with van der Waals surface area (Å²) in [7, 11) is 3.57. The molecule has 4 nitrogen and oxygen atoms in total. The minimum atomic E-state index is -0.0156. The molecule has 0 N–H and O–H groups in total. The first-order chi connectivity index (χ1) is 10.2. The third kappa shape index (κ3) is 2.69. The smallest absolute Gasteiger partial charge is 0.320 e. The van der Waals surface area contributed by atoms with Crippen LogP contribution >= 0.6 is 11.5 Å². The fourth-order valence-corrected chi connectivity index (χ4v) is 3.13. The van der Waals surface area contributed by atoms with Crippen molar-refractivity contribution in [2.45, 2.75) is 6.04 Å². The average molecular weight is 299 g/mol. The van der Waals surface area contributed by atoms with E-state index in [2.05, 4.69) is 22.6 Å². The Morgan fingerprint density at radius 1 is 1.29 bits per heavy atom. The molecule has 0 spiro atoms. The third-order valence-corrected chi connectivity index (χ3v) is 4.38. The van der Waals surface area contributed by atoms with Gasteiger partial charge in [0.1, 0.15) is 0 Å². The van der Waals surface area contributed by atoms with E-state index in [4.69, 9.17) is 0 Å². The summed E-state index contributed by atoms with van der Waals surface area (Å²) in [4.78, 5) is 17.1. The van der Waals surface area contributed by atoms with Crippen molar-refractivity contribution in [2.24, 2.45) is 0 Å².